The predicted octanol–water partition coefficient (Wildman–Crippen LogP) is 3.16. The van der Waals surface area contributed by atoms with E-state index in [1.165, 1.54) is 18.2 Å². The molecule has 0 atom stereocenters. The number of amides is 2. The van der Waals surface area contributed by atoms with Crippen LogP contribution in [0, 0.1) is 12.7 Å². The molecule has 0 unspecified atom stereocenters. The lowest BCUT2D eigenvalue weighted by Gasteiger charge is -2.10. The van der Waals surface area contributed by atoms with Crippen LogP contribution in [0.25, 0.3) is 0 Å². The van der Waals surface area contributed by atoms with Gasteiger partial charge in [0.05, 0.1) is 12.1 Å². The van der Waals surface area contributed by atoms with Crippen molar-refractivity contribution in [2.45, 2.75) is 6.92 Å². The zero-order valence-corrected chi connectivity index (χ0v) is 12.6. The molecule has 2 aromatic carbocycles. The van der Waals surface area contributed by atoms with E-state index >= 15 is 0 Å². The average molecular weight is 321 g/mol. The first-order chi connectivity index (χ1) is 10.5. The third kappa shape index (κ3) is 4.05. The Bertz CT molecular complexity index is 719. The highest BCUT2D eigenvalue weighted by Crippen LogP contribution is 2.19. The van der Waals surface area contributed by atoms with Crippen molar-refractivity contribution in [3.63, 3.8) is 0 Å². The van der Waals surface area contributed by atoms with Crippen LogP contribution in [-0.4, -0.2) is 18.4 Å². The monoisotopic (exact) mass is 320 g/mol. The summed E-state index contributed by atoms with van der Waals surface area (Å²) in [5.41, 5.74) is 1.31. The number of carbonyl (C=O) groups is 2. The first kappa shape index (κ1) is 16.0. The fraction of sp³-hybridized carbons (Fsp3) is 0.125. The molecule has 0 spiro atoms. The van der Waals surface area contributed by atoms with Crippen molar-refractivity contribution >= 4 is 29.1 Å². The lowest BCUT2D eigenvalue weighted by atomic mass is 10.2. The number of aryl methyl sites for hydroxylation is 1. The molecule has 0 aliphatic heterocycles. The Morgan fingerprint density at radius 3 is 2.64 bits per heavy atom. The lowest BCUT2D eigenvalue weighted by molar-refractivity contribution is -0.115. The molecule has 0 bridgehead atoms. The summed E-state index contributed by atoms with van der Waals surface area (Å²) in [4.78, 5) is 23.6. The van der Waals surface area contributed by atoms with Gasteiger partial charge in [0.15, 0.2) is 0 Å². The second kappa shape index (κ2) is 7.04. The SMILES string of the molecule is Cc1ccc(Cl)cc1NC(=O)CNC(=O)c1ccccc1F. The molecule has 0 aromatic heterocycles. The van der Waals surface area contributed by atoms with Crippen LogP contribution in [-0.2, 0) is 4.79 Å². The summed E-state index contributed by atoms with van der Waals surface area (Å²) < 4.78 is 13.4. The summed E-state index contributed by atoms with van der Waals surface area (Å²) in [6, 6.07) is 10.7. The zero-order valence-electron chi connectivity index (χ0n) is 11.8. The van der Waals surface area contributed by atoms with Crippen molar-refractivity contribution in [2.24, 2.45) is 0 Å². The van der Waals surface area contributed by atoms with Crippen molar-refractivity contribution in [3.8, 4) is 0 Å². The first-order valence-electron chi connectivity index (χ1n) is 6.56. The van der Waals surface area contributed by atoms with E-state index in [0.717, 1.165) is 5.56 Å². The highest BCUT2D eigenvalue weighted by Gasteiger charge is 2.12. The molecule has 2 rings (SSSR count). The minimum Gasteiger partial charge on any atom is -0.343 e. The van der Waals surface area contributed by atoms with Gasteiger partial charge in [-0.05, 0) is 36.8 Å². The van der Waals surface area contributed by atoms with E-state index < -0.39 is 17.6 Å². The molecule has 114 valence electrons. The van der Waals surface area contributed by atoms with Crippen molar-refractivity contribution < 1.29 is 14.0 Å². The molecule has 22 heavy (non-hydrogen) atoms. The molecule has 0 aliphatic rings. The number of hydrogen-bond donors (Lipinski definition) is 2. The normalized spacial score (nSPS) is 10.1. The topological polar surface area (TPSA) is 58.2 Å². The highest BCUT2D eigenvalue weighted by atomic mass is 35.5. The van der Waals surface area contributed by atoms with Gasteiger partial charge in [-0.25, -0.2) is 4.39 Å². The molecule has 0 saturated carbocycles. The molecule has 4 nitrogen and oxygen atoms in total. The summed E-state index contributed by atoms with van der Waals surface area (Å²) in [6.07, 6.45) is 0. The summed E-state index contributed by atoms with van der Waals surface area (Å²) in [7, 11) is 0. The molecular weight excluding hydrogens is 307 g/mol. The fourth-order valence-electron chi connectivity index (χ4n) is 1.82. The molecule has 2 aromatic rings. The molecule has 0 saturated heterocycles. The number of nitrogens with one attached hydrogen (secondary N) is 2. The van der Waals surface area contributed by atoms with Gasteiger partial charge in [0.2, 0.25) is 5.91 Å². The number of hydrogen-bond acceptors (Lipinski definition) is 2. The standard InChI is InChI=1S/C16H14ClFN2O2/c1-10-6-7-11(17)8-14(10)20-15(21)9-19-16(22)12-4-2-3-5-13(12)18/h2-8H,9H2,1H3,(H,19,22)(H,20,21). The van der Waals surface area contributed by atoms with Crippen molar-refractivity contribution in [3.05, 3.63) is 64.4 Å². The molecule has 0 fully saturated rings. The van der Waals surface area contributed by atoms with Gasteiger partial charge >= 0.3 is 0 Å². The third-order valence-electron chi connectivity index (χ3n) is 3.00. The van der Waals surface area contributed by atoms with Crippen LogP contribution in [0.3, 0.4) is 0 Å². The van der Waals surface area contributed by atoms with Gasteiger partial charge in [0, 0.05) is 10.7 Å². The van der Waals surface area contributed by atoms with Crippen LogP contribution in [0.15, 0.2) is 42.5 Å². The zero-order chi connectivity index (χ0) is 16.1. The minimum absolute atomic E-state index is 0.103. The molecule has 2 N–H and O–H groups in total. The van der Waals surface area contributed by atoms with Crippen LogP contribution >= 0.6 is 11.6 Å². The smallest absolute Gasteiger partial charge is 0.254 e. The summed E-state index contributed by atoms with van der Waals surface area (Å²) in [5.74, 6) is -1.70. The van der Waals surface area contributed by atoms with Crippen LogP contribution in [0.2, 0.25) is 5.02 Å². The Hall–Kier alpha value is -2.40. The number of carbonyl (C=O) groups excluding carboxylic acids is 2. The maximum absolute atomic E-state index is 13.4. The average Bonchev–Trinajstić information content (AvgIpc) is 2.49. The lowest BCUT2D eigenvalue weighted by Crippen LogP contribution is -2.33. The van der Waals surface area contributed by atoms with Crippen molar-refractivity contribution in [1.82, 2.24) is 5.32 Å². The maximum atomic E-state index is 13.4. The summed E-state index contributed by atoms with van der Waals surface area (Å²) in [5, 5.41) is 5.51. The second-order valence-electron chi connectivity index (χ2n) is 4.67. The largest absolute Gasteiger partial charge is 0.343 e. The van der Waals surface area contributed by atoms with E-state index in [4.69, 9.17) is 11.6 Å². The molecule has 6 heteroatoms. The number of rotatable bonds is 4. The molecule has 0 heterocycles. The van der Waals surface area contributed by atoms with Crippen molar-refractivity contribution in [1.29, 1.82) is 0 Å². The predicted molar refractivity (Wildman–Crippen MR) is 83.6 cm³/mol. The Kier molecular flexibility index (Phi) is 5.12. The summed E-state index contributed by atoms with van der Waals surface area (Å²) in [6.45, 7) is 1.56. The van der Waals surface area contributed by atoms with E-state index in [2.05, 4.69) is 10.6 Å². The second-order valence-corrected chi connectivity index (χ2v) is 5.11. The van der Waals surface area contributed by atoms with Crippen molar-refractivity contribution in [2.75, 3.05) is 11.9 Å². The number of halogens is 2. The Morgan fingerprint density at radius 2 is 1.91 bits per heavy atom. The van der Waals surface area contributed by atoms with Gasteiger partial charge in [-0.1, -0.05) is 29.8 Å². The van der Waals surface area contributed by atoms with Gasteiger partial charge in [-0.15, -0.1) is 0 Å². The van der Waals surface area contributed by atoms with Gasteiger partial charge < -0.3 is 10.6 Å². The van der Waals surface area contributed by atoms with Crippen LogP contribution in [0.5, 0.6) is 0 Å². The quantitative estimate of drug-likeness (QED) is 0.909. The fourth-order valence-corrected chi connectivity index (χ4v) is 2.00. The van der Waals surface area contributed by atoms with E-state index in [1.807, 2.05) is 6.92 Å². The number of benzene rings is 2. The molecule has 2 amide bonds. The molecule has 0 radical (unpaired) electrons. The first-order valence-corrected chi connectivity index (χ1v) is 6.94. The van der Waals surface area contributed by atoms with Gasteiger partial charge in [-0.2, -0.15) is 0 Å². The van der Waals surface area contributed by atoms with Gasteiger partial charge in [0.25, 0.3) is 5.91 Å². The summed E-state index contributed by atoms with van der Waals surface area (Å²) >= 11 is 5.86. The molecule has 0 aliphatic carbocycles. The molecular formula is C16H14ClFN2O2. The van der Waals surface area contributed by atoms with E-state index in [9.17, 15) is 14.0 Å². The van der Waals surface area contributed by atoms with Crippen LogP contribution in [0.1, 0.15) is 15.9 Å². The Morgan fingerprint density at radius 1 is 1.18 bits per heavy atom. The van der Waals surface area contributed by atoms with Crippen LogP contribution < -0.4 is 10.6 Å². The van der Waals surface area contributed by atoms with E-state index in [1.54, 1.807) is 24.3 Å². The Labute approximate surface area is 132 Å². The minimum atomic E-state index is -0.643. The Balaban J connectivity index is 1.94. The van der Waals surface area contributed by atoms with Gasteiger partial charge in [0.1, 0.15) is 5.82 Å². The van der Waals surface area contributed by atoms with Gasteiger partial charge in [-0.3, -0.25) is 9.59 Å². The van der Waals surface area contributed by atoms with Crippen LogP contribution in [0.4, 0.5) is 10.1 Å². The van der Waals surface area contributed by atoms with E-state index in [-0.39, 0.29) is 12.1 Å². The number of anilines is 1. The third-order valence-corrected chi connectivity index (χ3v) is 3.24. The highest BCUT2D eigenvalue weighted by molar-refractivity contribution is 6.31. The maximum Gasteiger partial charge on any atom is 0.254 e. The van der Waals surface area contributed by atoms with E-state index in [0.29, 0.717) is 10.7 Å².